The monoisotopic (exact) mass is 264 g/mol. The molecule has 16 heavy (non-hydrogen) atoms. The minimum atomic E-state index is -4.41. The van der Waals surface area contributed by atoms with Gasteiger partial charge in [0.25, 0.3) is 0 Å². The van der Waals surface area contributed by atoms with Crippen molar-refractivity contribution >= 4 is 22.9 Å². The summed E-state index contributed by atoms with van der Waals surface area (Å²) in [5.41, 5.74) is 0.428. The highest BCUT2D eigenvalue weighted by Gasteiger charge is 2.34. The Hall–Kier alpha value is -1.14. The van der Waals surface area contributed by atoms with Crippen molar-refractivity contribution in [2.75, 3.05) is 0 Å². The van der Waals surface area contributed by atoms with Crippen LogP contribution in [0.3, 0.4) is 0 Å². The summed E-state index contributed by atoms with van der Waals surface area (Å²) in [4.78, 5) is 7.59. The van der Waals surface area contributed by atoms with Crippen molar-refractivity contribution in [1.29, 1.82) is 0 Å². The second-order valence-corrected chi connectivity index (χ2v) is 4.36. The second-order valence-electron chi connectivity index (χ2n) is 2.89. The molecule has 0 bridgehead atoms. The lowest BCUT2D eigenvalue weighted by Crippen LogP contribution is -2.02. The molecule has 0 spiro atoms. The van der Waals surface area contributed by atoms with E-state index in [0.717, 1.165) is 6.20 Å². The molecule has 0 radical (unpaired) electrons. The van der Waals surface area contributed by atoms with Crippen molar-refractivity contribution in [1.82, 2.24) is 9.97 Å². The fourth-order valence-electron chi connectivity index (χ4n) is 1.05. The third-order valence-electron chi connectivity index (χ3n) is 1.73. The summed E-state index contributed by atoms with van der Waals surface area (Å²) in [6, 6.07) is 3.12. The van der Waals surface area contributed by atoms with Gasteiger partial charge in [-0.25, -0.2) is 4.98 Å². The lowest BCUT2D eigenvalue weighted by molar-refractivity contribution is -0.137. The largest absolute Gasteiger partial charge is 0.443 e. The normalized spacial score (nSPS) is 11.8. The molecule has 2 heterocycles. The lowest BCUT2D eigenvalue weighted by Gasteiger charge is -1.99. The molecule has 2 rings (SSSR count). The fraction of sp³-hybridized carbons (Fsp3) is 0.111. The topological polar surface area (TPSA) is 25.8 Å². The summed E-state index contributed by atoms with van der Waals surface area (Å²) >= 11 is 6.18. The van der Waals surface area contributed by atoms with E-state index < -0.39 is 11.2 Å². The van der Waals surface area contributed by atoms with Gasteiger partial charge in [0.2, 0.25) is 0 Å². The Morgan fingerprint density at radius 2 is 1.88 bits per heavy atom. The SMILES string of the molecule is FC(F)(F)c1ncc(-c2ccc(Cl)cn2)s1. The molecule has 0 saturated carbocycles. The van der Waals surface area contributed by atoms with Crippen LogP contribution < -0.4 is 0 Å². The van der Waals surface area contributed by atoms with Crippen LogP contribution in [0.4, 0.5) is 13.2 Å². The minimum absolute atomic E-state index is 0.365. The molecule has 0 N–H and O–H groups in total. The average Bonchev–Trinajstić information content (AvgIpc) is 2.67. The first-order valence-corrected chi connectivity index (χ1v) is 5.31. The van der Waals surface area contributed by atoms with Gasteiger partial charge in [0, 0.05) is 12.4 Å². The summed E-state index contributed by atoms with van der Waals surface area (Å²) in [5, 5.41) is -0.441. The average molecular weight is 265 g/mol. The van der Waals surface area contributed by atoms with Crippen molar-refractivity contribution < 1.29 is 13.2 Å². The van der Waals surface area contributed by atoms with Crippen LogP contribution in [0, 0.1) is 0 Å². The first-order valence-electron chi connectivity index (χ1n) is 4.12. The van der Waals surface area contributed by atoms with Crippen LogP contribution in [0.1, 0.15) is 5.01 Å². The van der Waals surface area contributed by atoms with Crippen molar-refractivity contribution in [3.05, 3.63) is 34.6 Å². The first kappa shape index (κ1) is 11.3. The summed E-state index contributed by atoms with van der Waals surface area (Å²) in [6.07, 6.45) is -1.87. The van der Waals surface area contributed by atoms with E-state index >= 15 is 0 Å². The molecule has 0 saturated heterocycles. The van der Waals surface area contributed by atoms with Crippen LogP contribution in [0.15, 0.2) is 24.5 Å². The molecule has 0 aliphatic carbocycles. The molecule has 0 unspecified atom stereocenters. The van der Waals surface area contributed by atoms with Gasteiger partial charge in [0.05, 0.1) is 15.6 Å². The molecular weight excluding hydrogens is 261 g/mol. The molecule has 7 heteroatoms. The molecule has 0 aliphatic heterocycles. The predicted molar refractivity (Wildman–Crippen MR) is 55.4 cm³/mol. The molecule has 0 aromatic carbocycles. The highest BCUT2D eigenvalue weighted by atomic mass is 35.5. The van der Waals surface area contributed by atoms with Gasteiger partial charge < -0.3 is 0 Å². The Balaban J connectivity index is 2.35. The number of hydrogen-bond acceptors (Lipinski definition) is 3. The Morgan fingerprint density at radius 1 is 1.12 bits per heavy atom. The molecule has 0 amide bonds. The zero-order valence-corrected chi connectivity index (χ0v) is 9.20. The highest BCUT2D eigenvalue weighted by Crippen LogP contribution is 2.35. The van der Waals surface area contributed by atoms with E-state index in [4.69, 9.17) is 11.6 Å². The number of nitrogens with zero attached hydrogens (tertiary/aromatic N) is 2. The zero-order valence-electron chi connectivity index (χ0n) is 7.62. The van der Waals surface area contributed by atoms with Gasteiger partial charge in [0.15, 0.2) is 5.01 Å². The van der Waals surface area contributed by atoms with Crippen LogP contribution in [0.5, 0.6) is 0 Å². The van der Waals surface area contributed by atoms with Gasteiger partial charge >= 0.3 is 6.18 Å². The van der Waals surface area contributed by atoms with E-state index in [2.05, 4.69) is 9.97 Å². The smallest absolute Gasteiger partial charge is 0.254 e. The number of alkyl halides is 3. The van der Waals surface area contributed by atoms with Crippen LogP contribution in [-0.4, -0.2) is 9.97 Å². The fourth-order valence-corrected chi connectivity index (χ4v) is 1.92. The maximum absolute atomic E-state index is 12.3. The van der Waals surface area contributed by atoms with Crippen LogP contribution in [0.2, 0.25) is 5.02 Å². The number of rotatable bonds is 1. The van der Waals surface area contributed by atoms with Gasteiger partial charge in [0.1, 0.15) is 0 Å². The van der Waals surface area contributed by atoms with Gasteiger partial charge in [-0.3, -0.25) is 4.98 Å². The van der Waals surface area contributed by atoms with Gasteiger partial charge in [-0.1, -0.05) is 11.6 Å². The number of aromatic nitrogens is 2. The van der Waals surface area contributed by atoms with Gasteiger partial charge in [-0.05, 0) is 12.1 Å². The number of thiazole rings is 1. The Morgan fingerprint density at radius 3 is 2.38 bits per heavy atom. The number of halogens is 4. The van der Waals surface area contributed by atoms with Crippen LogP contribution in [-0.2, 0) is 6.18 Å². The minimum Gasteiger partial charge on any atom is -0.254 e. The van der Waals surface area contributed by atoms with E-state index in [1.807, 2.05) is 0 Å². The standard InChI is InChI=1S/C9H4ClF3N2S/c10-5-1-2-6(14-3-5)7-4-15-8(16-7)9(11,12)13/h1-4H. The first-order chi connectivity index (χ1) is 7.47. The molecule has 2 nitrogen and oxygen atoms in total. The van der Waals surface area contributed by atoms with E-state index in [-0.39, 0.29) is 0 Å². The van der Waals surface area contributed by atoms with Crippen LogP contribution in [0.25, 0.3) is 10.6 Å². The molecule has 2 aromatic heterocycles. The van der Waals surface area contributed by atoms with Crippen molar-refractivity contribution in [3.63, 3.8) is 0 Å². The zero-order chi connectivity index (χ0) is 11.8. The van der Waals surface area contributed by atoms with E-state index in [1.54, 1.807) is 12.1 Å². The summed E-state index contributed by atoms with van der Waals surface area (Å²) in [6.45, 7) is 0. The summed E-state index contributed by atoms with van der Waals surface area (Å²) in [7, 11) is 0. The van der Waals surface area contributed by atoms with Gasteiger partial charge in [-0.2, -0.15) is 13.2 Å². The van der Waals surface area contributed by atoms with Gasteiger partial charge in [-0.15, -0.1) is 11.3 Å². The third-order valence-corrected chi connectivity index (χ3v) is 3.02. The molecular formula is C9H4ClF3N2S. The van der Waals surface area contributed by atoms with Crippen molar-refractivity contribution in [2.24, 2.45) is 0 Å². The Kier molecular flexibility index (Phi) is 2.86. The van der Waals surface area contributed by atoms with Crippen molar-refractivity contribution in [2.45, 2.75) is 6.18 Å². The van der Waals surface area contributed by atoms with E-state index in [1.165, 1.54) is 6.20 Å². The molecule has 0 aliphatic rings. The predicted octanol–water partition coefficient (Wildman–Crippen LogP) is 3.88. The Labute approximate surface area is 97.7 Å². The lowest BCUT2D eigenvalue weighted by atomic mass is 10.3. The number of pyridine rings is 1. The van der Waals surface area contributed by atoms with Crippen molar-refractivity contribution in [3.8, 4) is 10.6 Å². The third kappa shape index (κ3) is 2.33. The summed E-state index contributed by atoms with van der Waals surface area (Å²) < 4.78 is 36.9. The highest BCUT2D eigenvalue weighted by molar-refractivity contribution is 7.15. The summed E-state index contributed by atoms with van der Waals surface area (Å²) in [5.74, 6) is 0. The molecule has 2 aromatic rings. The second kappa shape index (κ2) is 4.03. The van der Waals surface area contributed by atoms with Crippen LogP contribution >= 0.6 is 22.9 Å². The van der Waals surface area contributed by atoms with E-state index in [0.29, 0.717) is 26.9 Å². The molecule has 0 fully saturated rings. The molecule has 84 valence electrons. The maximum atomic E-state index is 12.3. The molecule has 0 atom stereocenters. The Bertz CT molecular complexity index is 492. The quantitative estimate of drug-likeness (QED) is 0.781. The number of hydrogen-bond donors (Lipinski definition) is 0. The van der Waals surface area contributed by atoms with E-state index in [9.17, 15) is 13.2 Å². The maximum Gasteiger partial charge on any atom is 0.443 e.